The highest BCUT2D eigenvalue weighted by Gasteiger charge is 2.16. The summed E-state index contributed by atoms with van der Waals surface area (Å²) in [5.74, 6) is 0.638. The number of nitrogens with one attached hydrogen (secondary N) is 1. The second-order valence-electron chi connectivity index (χ2n) is 3.80. The van der Waals surface area contributed by atoms with Crippen molar-refractivity contribution in [3.8, 4) is 0 Å². The molecule has 0 aliphatic heterocycles. The summed E-state index contributed by atoms with van der Waals surface area (Å²) in [6.45, 7) is 6.63. The average Bonchev–Trinajstić information content (AvgIpc) is 2.32. The Bertz CT molecular complexity index is 411. The Balaban J connectivity index is 3.10. The van der Waals surface area contributed by atoms with Crippen molar-refractivity contribution in [2.75, 3.05) is 6.61 Å². The molecular formula is C12H19BrN2O2. The van der Waals surface area contributed by atoms with E-state index in [1.54, 1.807) is 0 Å². The van der Waals surface area contributed by atoms with Gasteiger partial charge in [-0.2, -0.15) is 0 Å². The van der Waals surface area contributed by atoms with Gasteiger partial charge in [0, 0.05) is 6.61 Å². The maximum Gasteiger partial charge on any atom is 0.265 e. The fourth-order valence-electron chi connectivity index (χ4n) is 1.67. The van der Waals surface area contributed by atoms with E-state index < -0.39 is 0 Å². The van der Waals surface area contributed by atoms with Gasteiger partial charge >= 0.3 is 0 Å². The van der Waals surface area contributed by atoms with Gasteiger partial charge in [-0.15, -0.1) is 0 Å². The Morgan fingerprint density at radius 2 is 2.12 bits per heavy atom. The van der Waals surface area contributed by atoms with E-state index in [-0.39, 0.29) is 11.7 Å². The molecule has 0 radical (unpaired) electrons. The summed E-state index contributed by atoms with van der Waals surface area (Å²) < 4.78 is 6.14. The number of hydrogen-bond acceptors (Lipinski definition) is 3. The van der Waals surface area contributed by atoms with Gasteiger partial charge in [0.2, 0.25) is 0 Å². The van der Waals surface area contributed by atoms with Crippen LogP contribution in [0.5, 0.6) is 0 Å². The monoisotopic (exact) mass is 302 g/mol. The molecule has 0 saturated carbocycles. The third kappa shape index (κ3) is 3.64. The van der Waals surface area contributed by atoms with Crippen molar-refractivity contribution in [1.29, 1.82) is 0 Å². The number of ether oxygens (including phenoxy) is 1. The minimum Gasteiger partial charge on any atom is -0.371 e. The lowest BCUT2D eigenvalue weighted by Crippen LogP contribution is -2.19. The number of halogens is 1. The van der Waals surface area contributed by atoms with Crippen LogP contribution in [0.25, 0.3) is 0 Å². The molecule has 0 fully saturated rings. The number of aromatic nitrogens is 2. The van der Waals surface area contributed by atoms with Gasteiger partial charge < -0.3 is 9.72 Å². The van der Waals surface area contributed by atoms with Crippen LogP contribution in [0.3, 0.4) is 0 Å². The molecule has 0 spiro atoms. The Kier molecular flexibility index (Phi) is 5.85. The minimum absolute atomic E-state index is 0.115. The average molecular weight is 303 g/mol. The molecule has 1 unspecified atom stereocenters. The summed E-state index contributed by atoms with van der Waals surface area (Å²) in [5, 5.41) is 0. The Labute approximate surface area is 110 Å². The fraction of sp³-hybridized carbons (Fsp3) is 0.667. The molecule has 0 saturated heterocycles. The number of nitrogens with zero attached hydrogens (tertiary/aromatic N) is 1. The number of rotatable bonds is 6. The summed E-state index contributed by atoms with van der Waals surface area (Å²) in [6, 6.07) is 0. The van der Waals surface area contributed by atoms with E-state index in [9.17, 15) is 4.79 Å². The number of H-pyrrole nitrogens is 1. The van der Waals surface area contributed by atoms with Crippen molar-refractivity contribution < 1.29 is 4.74 Å². The largest absolute Gasteiger partial charge is 0.371 e. The standard InChI is InChI=1S/C12H19BrN2O2/c1-4-7-9(17-6-3)11-14-8(5-2)10(13)12(16)15-11/h9H,4-7H2,1-3H3,(H,14,15,16). The molecule has 1 atom stereocenters. The molecule has 5 heteroatoms. The zero-order valence-corrected chi connectivity index (χ0v) is 12.1. The van der Waals surface area contributed by atoms with Crippen molar-refractivity contribution in [2.45, 2.75) is 46.1 Å². The van der Waals surface area contributed by atoms with Crippen molar-refractivity contribution in [1.82, 2.24) is 9.97 Å². The number of aromatic amines is 1. The van der Waals surface area contributed by atoms with E-state index in [0.717, 1.165) is 25.0 Å². The Hall–Kier alpha value is -0.680. The quantitative estimate of drug-likeness (QED) is 0.879. The molecule has 96 valence electrons. The van der Waals surface area contributed by atoms with Crippen LogP contribution in [0.15, 0.2) is 9.27 Å². The summed E-state index contributed by atoms with van der Waals surface area (Å²) >= 11 is 3.25. The number of aryl methyl sites for hydroxylation is 1. The first-order valence-corrected chi connectivity index (χ1v) is 6.83. The first-order valence-electron chi connectivity index (χ1n) is 6.04. The highest BCUT2D eigenvalue weighted by atomic mass is 79.9. The van der Waals surface area contributed by atoms with Gasteiger partial charge in [-0.05, 0) is 35.7 Å². The van der Waals surface area contributed by atoms with Gasteiger partial charge in [-0.3, -0.25) is 4.79 Å². The predicted molar refractivity (Wildman–Crippen MR) is 71.2 cm³/mol. The lowest BCUT2D eigenvalue weighted by molar-refractivity contribution is 0.0490. The van der Waals surface area contributed by atoms with E-state index in [0.29, 0.717) is 16.9 Å². The fourth-order valence-corrected chi connectivity index (χ4v) is 2.14. The van der Waals surface area contributed by atoms with Gasteiger partial charge in [-0.25, -0.2) is 4.98 Å². The van der Waals surface area contributed by atoms with Gasteiger partial charge in [0.05, 0.1) is 5.69 Å². The van der Waals surface area contributed by atoms with Crippen LogP contribution in [0.1, 0.15) is 51.2 Å². The second-order valence-corrected chi connectivity index (χ2v) is 4.59. The van der Waals surface area contributed by atoms with Crippen LogP contribution in [-0.2, 0) is 11.2 Å². The molecule has 1 rings (SSSR count). The third-order valence-corrected chi connectivity index (χ3v) is 3.33. The summed E-state index contributed by atoms with van der Waals surface area (Å²) in [6.07, 6.45) is 2.46. The molecule has 1 aromatic heterocycles. The van der Waals surface area contributed by atoms with E-state index in [1.165, 1.54) is 0 Å². The molecule has 1 aromatic rings. The van der Waals surface area contributed by atoms with Crippen LogP contribution in [0.4, 0.5) is 0 Å². The Morgan fingerprint density at radius 1 is 1.41 bits per heavy atom. The topological polar surface area (TPSA) is 55.0 Å². The molecular weight excluding hydrogens is 284 g/mol. The normalized spacial score (nSPS) is 12.7. The maximum absolute atomic E-state index is 11.7. The summed E-state index contributed by atoms with van der Waals surface area (Å²) in [7, 11) is 0. The first-order chi connectivity index (χ1) is 8.13. The molecule has 0 aromatic carbocycles. The lowest BCUT2D eigenvalue weighted by atomic mass is 10.2. The SMILES string of the molecule is CCCC(OCC)c1nc(CC)c(Br)c(=O)[nH]1. The number of hydrogen-bond donors (Lipinski definition) is 1. The second kappa shape index (κ2) is 6.91. The van der Waals surface area contributed by atoms with Crippen molar-refractivity contribution in [2.24, 2.45) is 0 Å². The van der Waals surface area contributed by atoms with E-state index in [4.69, 9.17) is 4.74 Å². The van der Waals surface area contributed by atoms with Crippen LogP contribution in [0.2, 0.25) is 0 Å². The van der Waals surface area contributed by atoms with Crippen molar-refractivity contribution in [3.63, 3.8) is 0 Å². The molecule has 17 heavy (non-hydrogen) atoms. The van der Waals surface area contributed by atoms with Crippen LogP contribution < -0.4 is 5.56 Å². The summed E-state index contributed by atoms with van der Waals surface area (Å²) in [4.78, 5) is 19.0. The molecule has 0 amide bonds. The molecule has 0 aliphatic rings. The minimum atomic E-state index is -0.132. The highest BCUT2D eigenvalue weighted by Crippen LogP contribution is 2.20. The highest BCUT2D eigenvalue weighted by molar-refractivity contribution is 9.10. The summed E-state index contributed by atoms with van der Waals surface area (Å²) in [5.41, 5.74) is 0.650. The lowest BCUT2D eigenvalue weighted by Gasteiger charge is -2.16. The molecule has 0 bridgehead atoms. The van der Waals surface area contributed by atoms with Crippen molar-refractivity contribution >= 4 is 15.9 Å². The van der Waals surface area contributed by atoms with Crippen molar-refractivity contribution in [3.05, 3.63) is 26.3 Å². The van der Waals surface area contributed by atoms with Gasteiger partial charge in [0.15, 0.2) is 0 Å². The molecule has 1 heterocycles. The van der Waals surface area contributed by atoms with Crippen LogP contribution in [0, 0.1) is 0 Å². The zero-order valence-electron chi connectivity index (χ0n) is 10.5. The van der Waals surface area contributed by atoms with Crippen LogP contribution >= 0.6 is 15.9 Å². The van der Waals surface area contributed by atoms with Gasteiger partial charge in [0.25, 0.3) is 5.56 Å². The van der Waals surface area contributed by atoms with Crippen LogP contribution in [-0.4, -0.2) is 16.6 Å². The molecule has 4 nitrogen and oxygen atoms in total. The first kappa shape index (κ1) is 14.4. The zero-order chi connectivity index (χ0) is 12.8. The Morgan fingerprint density at radius 3 is 2.65 bits per heavy atom. The van der Waals surface area contributed by atoms with E-state index >= 15 is 0 Å². The predicted octanol–water partition coefficient (Wildman–Crippen LogP) is 2.97. The molecule has 0 aliphatic carbocycles. The maximum atomic E-state index is 11.7. The van der Waals surface area contributed by atoms with Gasteiger partial charge in [-0.1, -0.05) is 20.3 Å². The molecule has 1 N–H and O–H groups in total. The van der Waals surface area contributed by atoms with Gasteiger partial charge in [0.1, 0.15) is 16.4 Å². The third-order valence-electron chi connectivity index (χ3n) is 2.51. The van der Waals surface area contributed by atoms with E-state index in [2.05, 4.69) is 32.8 Å². The smallest absolute Gasteiger partial charge is 0.265 e. The van der Waals surface area contributed by atoms with E-state index in [1.807, 2.05) is 13.8 Å².